The molecule has 0 bridgehead atoms. The summed E-state index contributed by atoms with van der Waals surface area (Å²) < 4.78 is 11.0. The molecule has 2 rings (SSSR count). The van der Waals surface area contributed by atoms with E-state index in [2.05, 4.69) is 13.8 Å². The third-order valence-electron chi connectivity index (χ3n) is 4.49. The molecule has 0 heterocycles. The van der Waals surface area contributed by atoms with Crippen LogP contribution < -0.4 is 15.2 Å². The molecule has 0 radical (unpaired) electrons. The maximum Gasteiger partial charge on any atom is 0.179 e. The van der Waals surface area contributed by atoms with Crippen molar-refractivity contribution >= 4 is 11.6 Å². The van der Waals surface area contributed by atoms with Crippen LogP contribution in [0.15, 0.2) is 6.07 Å². The van der Waals surface area contributed by atoms with Crippen LogP contribution >= 0.6 is 11.6 Å². The SMILES string of the molecule is COc1c(Cl)cc(C2(CN)CCC2)c(C(C)C)c1OC. The summed E-state index contributed by atoms with van der Waals surface area (Å²) in [6, 6.07) is 2.03. The van der Waals surface area contributed by atoms with Crippen molar-refractivity contribution in [1.82, 2.24) is 0 Å². The van der Waals surface area contributed by atoms with Crippen LogP contribution in [0.2, 0.25) is 5.02 Å². The van der Waals surface area contributed by atoms with Gasteiger partial charge in [0.25, 0.3) is 0 Å². The normalized spacial score (nSPS) is 16.9. The molecule has 1 aliphatic carbocycles. The monoisotopic (exact) mass is 297 g/mol. The molecule has 0 spiro atoms. The van der Waals surface area contributed by atoms with E-state index in [9.17, 15) is 0 Å². The molecular weight excluding hydrogens is 274 g/mol. The summed E-state index contributed by atoms with van der Waals surface area (Å²) in [6.45, 7) is 4.98. The summed E-state index contributed by atoms with van der Waals surface area (Å²) in [4.78, 5) is 0. The van der Waals surface area contributed by atoms with E-state index >= 15 is 0 Å². The lowest BCUT2D eigenvalue weighted by Crippen LogP contribution is -2.42. The molecule has 112 valence electrons. The van der Waals surface area contributed by atoms with Gasteiger partial charge in [-0.1, -0.05) is 31.9 Å². The van der Waals surface area contributed by atoms with Crippen LogP contribution in [0.3, 0.4) is 0 Å². The zero-order valence-corrected chi connectivity index (χ0v) is 13.5. The Hall–Kier alpha value is -0.930. The second kappa shape index (κ2) is 5.82. The van der Waals surface area contributed by atoms with Gasteiger partial charge in [0.15, 0.2) is 11.5 Å². The first-order valence-corrected chi connectivity index (χ1v) is 7.53. The molecule has 3 nitrogen and oxygen atoms in total. The number of hydrogen-bond donors (Lipinski definition) is 1. The van der Waals surface area contributed by atoms with Gasteiger partial charge < -0.3 is 15.2 Å². The van der Waals surface area contributed by atoms with E-state index in [0.717, 1.165) is 18.6 Å². The van der Waals surface area contributed by atoms with E-state index in [4.69, 9.17) is 26.8 Å². The van der Waals surface area contributed by atoms with E-state index in [-0.39, 0.29) is 5.41 Å². The maximum atomic E-state index is 6.39. The third kappa shape index (κ3) is 2.27. The number of hydrogen-bond acceptors (Lipinski definition) is 3. The predicted octanol–water partition coefficient (Wildman–Crippen LogP) is 3.86. The van der Waals surface area contributed by atoms with Gasteiger partial charge in [-0.2, -0.15) is 0 Å². The van der Waals surface area contributed by atoms with Crippen LogP contribution in [0.4, 0.5) is 0 Å². The Kier molecular flexibility index (Phi) is 4.50. The Morgan fingerprint density at radius 1 is 1.25 bits per heavy atom. The van der Waals surface area contributed by atoms with Gasteiger partial charge in [0.2, 0.25) is 0 Å². The topological polar surface area (TPSA) is 44.5 Å². The van der Waals surface area contributed by atoms with E-state index in [1.165, 1.54) is 17.5 Å². The predicted molar refractivity (Wildman–Crippen MR) is 83.2 cm³/mol. The molecule has 0 aromatic heterocycles. The molecule has 0 unspecified atom stereocenters. The average Bonchev–Trinajstić information content (AvgIpc) is 2.36. The quantitative estimate of drug-likeness (QED) is 0.897. The van der Waals surface area contributed by atoms with E-state index in [1.54, 1.807) is 14.2 Å². The highest BCUT2D eigenvalue weighted by molar-refractivity contribution is 6.32. The molecule has 0 atom stereocenters. The van der Waals surface area contributed by atoms with E-state index < -0.39 is 0 Å². The zero-order valence-electron chi connectivity index (χ0n) is 12.8. The second-order valence-electron chi connectivity index (χ2n) is 5.88. The van der Waals surface area contributed by atoms with Crippen molar-refractivity contribution in [3.8, 4) is 11.5 Å². The molecule has 0 aliphatic heterocycles. The maximum absolute atomic E-state index is 6.39. The number of ether oxygens (including phenoxy) is 2. The lowest BCUT2D eigenvalue weighted by molar-refractivity contribution is 0.248. The lowest BCUT2D eigenvalue weighted by Gasteiger charge is -2.43. The first-order valence-electron chi connectivity index (χ1n) is 7.15. The van der Waals surface area contributed by atoms with Crippen molar-refractivity contribution in [2.45, 2.75) is 44.4 Å². The van der Waals surface area contributed by atoms with Gasteiger partial charge in [-0.15, -0.1) is 0 Å². The Bertz CT molecular complexity index is 490. The minimum Gasteiger partial charge on any atom is -0.492 e. The summed E-state index contributed by atoms with van der Waals surface area (Å²) in [5.41, 5.74) is 8.54. The summed E-state index contributed by atoms with van der Waals surface area (Å²) in [5, 5.41) is 0.600. The summed E-state index contributed by atoms with van der Waals surface area (Å²) in [5.74, 6) is 1.70. The largest absolute Gasteiger partial charge is 0.492 e. The number of rotatable bonds is 5. The standard InChI is InChI=1S/C16H24ClNO2/c1-10(2)13-11(16(9-18)6-5-7-16)8-12(17)14(19-3)15(13)20-4/h8,10H,5-7,9,18H2,1-4H3. The van der Waals surface area contributed by atoms with Crippen LogP contribution in [-0.4, -0.2) is 20.8 Å². The number of methoxy groups -OCH3 is 2. The van der Waals surface area contributed by atoms with Crippen molar-refractivity contribution in [2.24, 2.45) is 5.73 Å². The molecule has 1 aromatic carbocycles. The van der Waals surface area contributed by atoms with Crippen LogP contribution in [-0.2, 0) is 5.41 Å². The second-order valence-corrected chi connectivity index (χ2v) is 6.29. The highest BCUT2D eigenvalue weighted by Gasteiger charge is 2.41. The fourth-order valence-electron chi connectivity index (χ4n) is 3.21. The highest BCUT2D eigenvalue weighted by atomic mass is 35.5. The Labute approximate surface area is 126 Å². The van der Waals surface area contributed by atoms with Gasteiger partial charge in [-0.05, 0) is 30.4 Å². The first kappa shape index (κ1) is 15.5. The fourth-order valence-corrected chi connectivity index (χ4v) is 3.49. The van der Waals surface area contributed by atoms with Crippen molar-refractivity contribution in [2.75, 3.05) is 20.8 Å². The number of halogens is 1. The number of nitrogens with two attached hydrogens (primary N) is 1. The van der Waals surface area contributed by atoms with Gasteiger partial charge in [0, 0.05) is 17.5 Å². The van der Waals surface area contributed by atoms with Crippen LogP contribution in [0.5, 0.6) is 11.5 Å². The number of benzene rings is 1. The molecular formula is C16H24ClNO2. The minimum absolute atomic E-state index is 0.0583. The van der Waals surface area contributed by atoms with Crippen molar-refractivity contribution < 1.29 is 9.47 Å². The molecule has 1 fully saturated rings. The minimum atomic E-state index is 0.0583. The molecule has 0 saturated heterocycles. The summed E-state index contributed by atoms with van der Waals surface area (Å²) >= 11 is 6.39. The molecule has 20 heavy (non-hydrogen) atoms. The Morgan fingerprint density at radius 3 is 2.20 bits per heavy atom. The van der Waals surface area contributed by atoms with Crippen molar-refractivity contribution in [1.29, 1.82) is 0 Å². The van der Waals surface area contributed by atoms with Crippen LogP contribution in [0.25, 0.3) is 0 Å². The molecule has 4 heteroatoms. The zero-order chi connectivity index (χ0) is 14.9. The van der Waals surface area contributed by atoms with Gasteiger partial charge in [-0.3, -0.25) is 0 Å². The average molecular weight is 298 g/mol. The summed E-state index contributed by atoms with van der Waals surface area (Å²) in [7, 11) is 3.29. The molecule has 1 saturated carbocycles. The van der Waals surface area contributed by atoms with Gasteiger partial charge >= 0.3 is 0 Å². The molecule has 1 aromatic rings. The van der Waals surface area contributed by atoms with Gasteiger partial charge in [0.1, 0.15) is 0 Å². The van der Waals surface area contributed by atoms with E-state index in [0.29, 0.717) is 23.2 Å². The van der Waals surface area contributed by atoms with Crippen LogP contribution in [0.1, 0.15) is 50.2 Å². The molecule has 0 amide bonds. The smallest absolute Gasteiger partial charge is 0.179 e. The van der Waals surface area contributed by atoms with E-state index in [1.807, 2.05) is 6.07 Å². The van der Waals surface area contributed by atoms with Gasteiger partial charge in [0.05, 0.1) is 19.2 Å². The third-order valence-corrected chi connectivity index (χ3v) is 4.77. The fraction of sp³-hybridized carbons (Fsp3) is 0.625. The van der Waals surface area contributed by atoms with Crippen molar-refractivity contribution in [3.63, 3.8) is 0 Å². The first-order chi connectivity index (χ1) is 9.50. The van der Waals surface area contributed by atoms with Crippen LogP contribution in [0, 0.1) is 0 Å². The lowest BCUT2D eigenvalue weighted by atomic mass is 9.62. The highest BCUT2D eigenvalue weighted by Crippen LogP contribution is 2.51. The van der Waals surface area contributed by atoms with Crippen molar-refractivity contribution in [3.05, 3.63) is 22.2 Å². The molecule has 2 N–H and O–H groups in total. The van der Waals surface area contributed by atoms with Gasteiger partial charge in [-0.25, -0.2) is 0 Å². The Balaban J connectivity index is 2.70. The summed E-state index contributed by atoms with van der Waals surface area (Å²) in [6.07, 6.45) is 3.46. The molecule has 1 aliphatic rings. The Morgan fingerprint density at radius 2 is 1.85 bits per heavy atom.